The van der Waals surface area contributed by atoms with Crippen molar-refractivity contribution in [3.05, 3.63) is 77.9 Å². The van der Waals surface area contributed by atoms with E-state index in [2.05, 4.69) is 5.32 Å². The normalized spacial score (nSPS) is 11.1. The second-order valence-electron chi connectivity index (χ2n) is 7.33. The van der Waals surface area contributed by atoms with Gasteiger partial charge in [-0.1, -0.05) is 36.4 Å². The van der Waals surface area contributed by atoms with Gasteiger partial charge in [-0.05, 0) is 29.7 Å². The lowest BCUT2D eigenvalue weighted by atomic mass is 10.1. The average molecular weight is 444 g/mol. The summed E-state index contributed by atoms with van der Waals surface area (Å²) in [7, 11) is 3.22. The van der Waals surface area contributed by atoms with E-state index < -0.39 is 0 Å². The number of hydrogen-bond donors (Lipinski definition) is 1. The van der Waals surface area contributed by atoms with Crippen LogP contribution in [0.25, 0.3) is 27.0 Å². The van der Waals surface area contributed by atoms with Crippen LogP contribution in [0.3, 0.4) is 0 Å². The molecule has 3 aromatic carbocycles. The molecule has 0 bridgehead atoms. The molecule has 160 valence electrons. The molecule has 1 amide bonds. The van der Waals surface area contributed by atoms with Gasteiger partial charge in [-0.15, -0.1) is 11.3 Å². The lowest BCUT2D eigenvalue weighted by molar-refractivity contribution is -0.115. The molecule has 5 aromatic rings. The number of anilines is 1. The van der Waals surface area contributed by atoms with E-state index in [-0.39, 0.29) is 12.3 Å². The van der Waals surface area contributed by atoms with Crippen LogP contribution in [0.5, 0.6) is 11.5 Å². The number of carbonyl (C=O) groups is 1. The maximum absolute atomic E-state index is 12.8. The van der Waals surface area contributed by atoms with Gasteiger partial charge in [0.25, 0.3) is 0 Å². The van der Waals surface area contributed by atoms with E-state index in [1.54, 1.807) is 14.2 Å². The van der Waals surface area contributed by atoms with Crippen molar-refractivity contribution < 1.29 is 14.3 Å². The first kappa shape index (κ1) is 20.1. The Labute approximate surface area is 189 Å². The summed E-state index contributed by atoms with van der Waals surface area (Å²) in [6.45, 7) is 0. The van der Waals surface area contributed by atoms with Crippen LogP contribution in [0.1, 0.15) is 5.69 Å². The number of nitrogens with one attached hydrogen (secondary N) is 1. The van der Waals surface area contributed by atoms with Gasteiger partial charge in [0.05, 0.1) is 26.3 Å². The fraction of sp³-hybridized carbons (Fsp3) is 0.120. The molecular weight excluding hydrogens is 422 g/mol. The summed E-state index contributed by atoms with van der Waals surface area (Å²) < 4.78 is 12.7. The predicted octanol–water partition coefficient (Wildman–Crippen LogP) is 5.41. The Balaban J connectivity index is 1.40. The van der Waals surface area contributed by atoms with Crippen LogP contribution >= 0.6 is 11.3 Å². The van der Waals surface area contributed by atoms with Crippen LogP contribution in [0.2, 0.25) is 0 Å². The summed E-state index contributed by atoms with van der Waals surface area (Å²) in [6.07, 6.45) is 2.21. The van der Waals surface area contributed by atoms with Gasteiger partial charge in [0, 0.05) is 33.9 Å². The minimum absolute atomic E-state index is 0.0672. The number of benzene rings is 3. The summed E-state index contributed by atoms with van der Waals surface area (Å²) in [5.41, 5.74) is 3.44. The van der Waals surface area contributed by atoms with Crippen molar-refractivity contribution in [3.63, 3.8) is 0 Å². The number of aromatic nitrogens is 2. The Morgan fingerprint density at radius 1 is 1.03 bits per heavy atom. The monoisotopic (exact) mass is 443 g/mol. The fourth-order valence-electron chi connectivity index (χ4n) is 3.78. The molecule has 0 aliphatic rings. The molecule has 6 nitrogen and oxygen atoms in total. The lowest BCUT2D eigenvalue weighted by Gasteiger charge is -2.09. The molecule has 7 heteroatoms. The fourth-order valence-corrected chi connectivity index (χ4v) is 4.66. The largest absolute Gasteiger partial charge is 0.493 e. The summed E-state index contributed by atoms with van der Waals surface area (Å²) in [4.78, 5) is 18.4. The van der Waals surface area contributed by atoms with Crippen molar-refractivity contribution in [2.45, 2.75) is 6.42 Å². The van der Waals surface area contributed by atoms with Gasteiger partial charge in [-0.3, -0.25) is 9.20 Å². The zero-order valence-electron chi connectivity index (χ0n) is 17.7. The van der Waals surface area contributed by atoms with E-state index >= 15 is 0 Å². The third kappa shape index (κ3) is 3.67. The Morgan fingerprint density at radius 2 is 1.84 bits per heavy atom. The SMILES string of the molecule is COc1ccc(-c2cn3c(CC(=O)Nc4cccc5ccccc45)csc3n2)cc1OC. The van der Waals surface area contributed by atoms with Crippen LogP contribution in [-0.4, -0.2) is 29.5 Å². The Morgan fingerprint density at radius 3 is 2.69 bits per heavy atom. The van der Waals surface area contributed by atoms with E-state index in [1.807, 2.05) is 76.6 Å². The smallest absolute Gasteiger partial charge is 0.230 e. The van der Waals surface area contributed by atoms with Crippen molar-refractivity contribution in [3.8, 4) is 22.8 Å². The molecule has 2 heterocycles. The first-order valence-electron chi connectivity index (χ1n) is 10.1. The van der Waals surface area contributed by atoms with E-state index in [1.165, 1.54) is 11.3 Å². The highest BCUT2D eigenvalue weighted by Gasteiger charge is 2.15. The quantitative estimate of drug-likeness (QED) is 0.381. The van der Waals surface area contributed by atoms with Gasteiger partial charge in [-0.25, -0.2) is 4.98 Å². The molecule has 2 aromatic heterocycles. The number of rotatable bonds is 6. The van der Waals surface area contributed by atoms with E-state index in [9.17, 15) is 4.79 Å². The number of methoxy groups -OCH3 is 2. The molecular formula is C25H21N3O3S. The van der Waals surface area contributed by atoms with Crippen LogP contribution in [0.15, 0.2) is 72.2 Å². The Kier molecular flexibility index (Phi) is 5.25. The summed E-state index contributed by atoms with van der Waals surface area (Å²) >= 11 is 1.51. The number of nitrogens with zero attached hydrogens (tertiary/aromatic N) is 2. The zero-order valence-corrected chi connectivity index (χ0v) is 18.5. The van der Waals surface area contributed by atoms with Crippen LogP contribution in [0.4, 0.5) is 5.69 Å². The molecule has 0 fully saturated rings. The van der Waals surface area contributed by atoms with Gasteiger partial charge in [0.1, 0.15) is 0 Å². The highest BCUT2D eigenvalue weighted by atomic mass is 32.1. The highest BCUT2D eigenvalue weighted by Crippen LogP contribution is 2.33. The number of carbonyl (C=O) groups excluding carboxylic acids is 1. The number of ether oxygens (including phenoxy) is 2. The van der Waals surface area contributed by atoms with Crippen molar-refractivity contribution >= 4 is 38.7 Å². The third-order valence-corrected chi connectivity index (χ3v) is 6.26. The number of thiazole rings is 1. The highest BCUT2D eigenvalue weighted by molar-refractivity contribution is 7.15. The van der Waals surface area contributed by atoms with Crippen molar-refractivity contribution in [2.24, 2.45) is 0 Å². The van der Waals surface area contributed by atoms with E-state index in [4.69, 9.17) is 14.5 Å². The molecule has 1 N–H and O–H groups in total. The van der Waals surface area contributed by atoms with Crippen molar-refractivity contribution in [2.75, 3.05) is 19.5 Å². The second-order valence-corrected chi connectivity index (χ2v) is 8.16. The molecule has 0 aliphatic heterocycles. The van der Waals surface area contributed by atoms with Gasteiger partial charge in [0.2, 0.25) is 5.91 Å². The van der Waals surface area contributed by atoms with Gasteiger partial charge in [-0.2, -0.15) is 0 Å². The number of imidazole rings is 1. The average Bonchev–Trinajstić information content (AvgIpc) is 3.41. The molecule has 0 atom stereocenters. The predicted molar refractivity (Wildman–Crippen MR) is 128 cm³/mol. The maximum Gasteiger partial charge on any atom is 0.230 e. The second kappa shape index (κ2) is 8.36. The lowest BCUT2D eigenvalue weighted by Crippen LogP contribution is -2.15. The van der Waals surface area contributed by atoms with Crippen molar-refractivity contribution in [1.82, 2.24) is 9.38 Å². The molecule has 0 radical (unpaired) electrons. The molecule has 5 rings (SSSR count). The first-order valence-corrected chi connectivity index (χ1v) is 11.0. The minimum Gasteiger partial charge on any atom is -0.493 e. The standard InChI is InChI=1S/C25H21N3O3S/c1-30-22-11-10-17(12-23(22)31-2)21-14-28-18(15-32-25(28)27-21)13-24(29)26-20-9-5-7-16-6-3-4-8-19(16)20/h3-12,14-15H,13H2,1-2H3,(H,26,29). The van der Waals surface area contributed by atoms with Crippen LogP contribution < -0.4 is 14.8 Å². The zero-order chi connectivity index (χ0) is 22.1. The summed E-state index contributed by atoms with van der Waals surface area (Å²) in [6, 6.07) is 19.6. The van der Waals surface area contributed by atoms with Crippen molar-refractivity contribution in [1.29, 1.82) is 0 Å². The Hall–Kier alpha value is -3.84. The molecule has 0 saturated heterocycles. The third-order valence-electron chi connectivity index (χ3n) is 5.37. The van der Waals surface area contributed by atoms with Gasteiger partial charge in [0.15, 0.2) is 16.5 Å². The topological polar surface area (TPSA) is 64.9 Å². The number of hydrogen-bond acceptors (Lipinski definition) is 5. The molecule has 32 heavy (non-hydrogen) atoms. The molecule has 0 saturated carbocycles. The van der Waals surface area contributed by atoms with Crippen LogP contribution in [0, 0.1) is 0 Å². The Bertz CT molecular complexity index is 1430. The van der Waals surface area contributed by atoms with Gasteiger partial charge >= 0.3 is 0 Å². The van der Waals surface area contributed by atoms with Crippen LogP contribution in [-0.2, 0) is 11.2 Å². The molecule has 0 aliphatic carbocycles. The van der Waals surface area contributed by atoms with E-state index in [0.29, 0.717) is 11.5 Å². The maximum atomic E-state index is 12.8. The number of amides is 1. The minimum atomic E-state index is -0.0672. The molecule has 0 unspecified atom stereocenters. The first-order chi connectivity index (χ1) is 15.7. The summed E-state index contributed by atoms with van der Waals surface area (Å²) in [5.74, 6) is 1.25. The van der Waals surface area contributed by atoms with E-state index in [0.717, 1.165) is 38.4 Å². The number of fused-ring (bicyclic) bond motifs is 2. The molecule has 0 spiro atoms. The summed E-state index contributed by atoms with van der Waals surface area (Å²) in [5, 5.41) is 7.15. The van der Waals surface area contributed by atoms with Gasteiger partial charge < -0.3 is 14.8 Å².